The second kappa shape index (κ2) is 6.26. The molecule has 0 aliphatic carbocycles. The maximum Gasteiger partial charge on any atom is 0.321 e. The zero-order valence-corrected chi connectivity index (χ0v) is 11.1. The minimum absolute atomic E-state index is 0.384. The molecule has 1 aromatic carbocycles. The van der Waals surface area contributed by atoms with Gasteiger partial charge in [0.2, 0.25) is 0 Å². The summed E-state index contributed by atoms with van der Waals surface area (Å²) in [6, 6.07) is 4.81. The maximum atomic E-state index is 11.2. The summed E-state index contributed by atoms with van der Waals surface area (Å²) in [5.41, 5.74) is 0.847. The van der Waals surface area contributed by atoms with Crippen LogP contribution in [-0.4, -0.2) is 50.3 Å². The van der Waals surface area contributed by atoms with E-state index in [4.69, 9.17) is 14.6 Å². The Bertz CT molecular complexity index is 417. The molecule has 5 nitrogen and oxygen atoms in total. The van der Waals surface area contributed by atoms with E-state index < -0.39 is 12.0 Å². The lowest BCUT2D eigenvalue weighted by Crippen LogP contribution is -2.37. The first-order valence-electron chi connectivity index (χ1n) is 5.59. The van der Waals surface area contributed by atoms with Crippen molar-refractivity contribution in [2.75, 3.05) is 28.3 Å². The molecule has 0 fully saturated rings. The molecule has 0 saturated heterocycles. The number of hydrogen-bond donors (Lipinski definition) is 1. The summed E-state index contributed by atoms with van der Waals surface area (Å²) < 4.78 is 10.4. The van der Waals surface area contributed by atoms with Crippen LogP contribution in [-0.2, 0) is 11.2 Å². The summed E-state index contributed by atoms with van der Waals surface area (Å²) >= 11 is 0. The van der Waals surface area contributed by atoms with Crippen molar-refractivity contribution in [1.82, 2.24) is 4.90 Å². The van der Waals surface area contributed by atoms with Gasteiger partial charge in [0, 0.05) is 12.5 Å². The number of carboxylic acid groups (broad SMARTS) is 1. The quantitative estimate of drug-likeness (QED) is 0.827. The second-order valence-electron chi connectivity index (χ2n) is 4.20. The van der Waals surface area contributed by atoms with Crippen LogP contribution < -0.4 is 9.47 Å². The van der Waals surface area contributed by atoms with E-state index in [0.717, 1.165) is 5.56 Å². The van der Waals surface area contributed by atoms with Crippen LogP contribution in [0.1, 0.15) is 5.56 Å². The lowest BCUT2D eigenvalue weighted by Gasteiger charge is -2.21. The Labute approximate surface area is 107 Å². The van der Waals surface area contributed by atoms with E-state index in [-0.39, 0.29) is 0 Å². The summed E-state index contributed by atoms with van der Waals surface area (Å²) in [6.45, 7) is 0. The predicted octanol–water partition coefficient (Wildman–Crippen LogP) is 1.26. The number of carboxylic acids is 1. The molecule has 5 heteroatoms. The molecular formula is C13H19NO4. The minimum Gasteiger partial charge on any atom is -0.497 e. The first-order chi connectivity index (χ1) is 8.49. The summed E-state index contributed by atoms with van der Waals surface area (Å²) in [7, 11) is 6.63. The Morgan fingerprint density at radius 1 is 1.33 bits per heavy atom. The highest BCUT2D eigenvalue weighted by Crippen LogP contribution is 2.26. The molecule has 0 aromatic heterocycles. The van der Waals surface area contributed by atoms with Crippen molar-refractivity contribution in [3.05, 3.63) is 23.8 Å². The molecule has 0 saturated carbocycles. The van der Waals surface area contributed by atoms with Gasteiger partial charge in [-0.2, -0.15) is 0 Å². The van der Waals surface area contributed by atoms with Gasteiger partial charge in [0.1, 0.15) is 17.5 Å². The molecular weight excluding hydrogens is 234 g/mol. The lowest BCUT2D eigenvalue weighted by atomic mass is 10.0. The van der Waals surface area contributed by atoms with Crippen LogP contribution in [0.4, 0.5) is 0 Å². The number of rotatable bonds is 6. The van der Waals surface area contributed by atoms with E-state index in [1.807, 2.05) is 6.07 Å². The minimum atomic E-state index is -0.849. The van der Waals surface area contributed by atoms with Gasteiger partial charge in [-0.1, -0.05) is 6.07 Å². The number of nitrogens with zero attached hydrogens (tertiary/aromatic N) is 1. The first kappa shape index (κ1) is 14.3. The van der Waals surface area contributed by atoms with E-state index in [1.54, 1.807) is 45.3 Å². The van der Waals surface area contributed by atoms with Crippen LogP contribution in [0, 0.1) is 0 Å². The highest BCUT2D eigenvalue weighted by atomic mass is 16.5. The molecule has 100 valence electrons. The molecule has 18 heavy (non-hydrogen) atoms. The zero-order chi connectivity index (χ0) is 13.7. The molecule has 0 aliphatic heterocycles. The van der Waals surface area contributed by atoms with Gasteiger partial charge in [-0.05, 0) is 25.7 Å². The molecule has 0 radical (unpaired) electrons. The maximum absolute atomic E-state index is 11.2. The Kier molecular flexibility index (Phi) is 4.97. The zero-order valence-electron chi connectivity index (χ0n) is 11.1. The third-order valence-electron chi connectivity index (χ3n) is 2.82. The third kappa shape index (κ3) is 3.37. The number of ether oxygens (including phenoxy) is 2. The molecule has 0 unspecified atom stereocenters. The average molecular weight is 253 g/mol. The molecule has 1 rings (SSSR count). The van der Waals surface area contributed by atoms with E-state index in [1.165, 1.54) is 0 Å². The Morgan fingerprint density at radius 3 is 2.44 bits per heavy atom. The van der Waals surface area contributed by atoms with Crippen LogP contribution in [0.2, 0.25) is 0 Å². The largest absolute Gasteiger partial charge is 0.497 e. The van der Waals surface area contributed by atoms with Crippen LogP contribution in [0.25, 0.3) is 0 Å². The normalized spacial score (nSPS) is 12.3. The highest BCUT2D eigenvalue weighted by molar-refractivity contribution is 5.74. The second-order valence-corrected chi connectivity index (χ2v) is 4.20. The number of benzene rings is 1. The van der Waals surface area contributed by atoms with E-state index in [2.05, 4.69) is 0 Å². The Morgan fingerprint density at radius 2 is 2.00 bits per heavy atom. The van der Waals surface area contributed by atoms with Crippen LogP contribution in [0.5, 0.6) is 11.5 Å². The Balaban J connectivity index is 2.98. The molecule has 1 atom stereocenters. The van der Waals surface area contributed by atoms with Gasteiger partial charge in [0.25, 0.3) is 0 Å². The fraction of sp³-hybridized carbons (Fsp3) is 0.462. The van der Waals surface area contributed by atoms with Crippen molar-refractivity contribution in [3.63, 3.8) is 0 Å². The summed E-state index contributed by atoms with van der Waals surface area (Å²) in [5, 5.41) is 9.16. The van der Waals surface area contributed by atoms with Crippen molar-refractivity contribution in [1.29, 1.82) is 0 Å². The smallest absolute Gasteiger partial charge is 0.321 e. The fourth-order valence-corrected chi connectivity index (χ4v) is 1.72. The first-order valence-corrected chi connectivity index (χ1v) is 5.59. The van der Waals surface area contributed by atoms with E-state index in [9.17, 15) is 4.79 Å². The van der Waals surface area contributed by atoms with Crippen LogP contribution >= 0.6 is 0 Å². The molecule has 1 N–H and O–H groups in total. The number of likely N-dealkylation sites (N-methyl/N-ethyl adjacent to an activating group) is 1. The molecule has 0 aliphatic rings. The van der Waals surface area contributed by atoms with Crippen molar-refractivity contribution < 1.29 is 19.4 Å². The average Bonchev–Trinajstić information content (AvgIpc) is 2.34. The van der Waals surface area contributed by atoms with E-state index in [0.29, 0.717) is 17.9 Å². The van der Waals surface area contributed by atoms with Crippen molar-refractivity contribution in [2.45, 2.75) is 12.5 Å². The van der Waals surface area contributed by atoms with Gasteiger partial charge in [0.05, 0.1) is 14.2 Å². The molecule has 0 amide bonds. The molecule has 1 aromatic rings. The van der Waals surface area contributed by atoms with Crippen LogP contribution in [0.15, 0.2) is 18.2 Å². The van der Waals surface area contributed by atoms with Crippen molar-refractivity contribution in [2.24, 2.45) is 0 Å². The van der Waals surface area contributed by atoms with Gasteiger partial charge in [-0.25, -0.2) is 0 Å². The number of methoxy groups -OCH3 is 2. The fourth-order valence-electron chi connectivity index (χ4n) is 1.72. The molecule has 0 heterocycles. The monoisotopic (exact) mass is 253 g/mol. The van der Waals surface area contributed by atoms with Gasteiger partial charge in [-0.3, -0.25) is 9.69 Å². The predicted molar refractivity (Wildman–Crippen MR) is 68.4 cm³/mol. The SMILES string of the molecule is COc1ccc(C[C@H](C(=O)O)N(C)C)c(OC)c1. The van der Waals surface area contributed by atoms with Gasteiger partial charge >= 0.3 is 5.97 Å². The topological polar surface area (TPSA) is 59.0 Å². The van der Waals surface area contributed by atoms with Crippen molar-refractivity contribution in [3.8, 4) is 11.5 Å². The number of carbonyl (C=O) groups is 1. The van der Waals surface area contributed by atoms with Gasteiger partial charge < -0.3 is 14.6 Å². The summed E-state index contributed by atoms with van der Waals surface area (Å²) in [5.74, 6) is 0.479. The molecule has 0 bridgehead atoms. The number of hydrogen-bond acceptors (Lipinski definition) is 4. The summed E-state index contributed by atoms with van der Waals surface area (Å²) in [6.07, 6.45) is 0.384. The highest BCUT2D eigenvalue weighted by Gasteiger charge is 2.22. The standard InChI is InChI=1S/C13H19NO4/c1-14(2)11(13(15)16)7-9-5-6-10(17-3)8-12(9)18-4/h5-6,8,11H,7H2,1-4H3,(H,15,16)/t11-/m1/s1. The number of aliphatic carboxylic acids is 1. The Hall–Kier alpha value is -1.75. The third-order valence-corrected chi connectivity index (χ3v) is 2.82. The molecule has 0 spiro atoms. The van der Waals surface area contributed by atoms with Crippen molar-refractivity contribution >= 4 is 5.97 Å². The van der Waals surface area contributed by atoms with Crippen LogP contribution in [0.3, 0.4) is 0 Å². The van der Waals surface area contributed by atoms with E-state index >= 15 is 0 Å². The van der Waals surface area contributed by atoms with Gasteiger partial charge in [0.15, 0.2) is 0 Å². The summed E-state index contributed by atoms with van der Waals surface area (Å²) in [4.78, 5) is 12.8. The lowest BCUT2D eigenvalue weighted by molar-refractivity contribution is -0.142. The van der Waals surface area contributed by atoms with Gasteiger partial charge in [-0.15, -0.1) is 0 Å².